The van der Waals surface area contributed by atoms with Crippen LogP contribution in [0.2, 0.25) is 0 Å². The van der Waals surface area contributed by atoms with E-state index >= 15 is 0 Å². The molecular weight excluding hydrogens is 258 g/mol. The summed E-state index contributed by atoms with van der Waals surface area (Å²) in [5, 5.41) is 4.06. The van der Waals surface area contributed by atoms with Crippen molar-refractivity contribution in [3.05, 3.63) is 29.8 Å². The summed E-state index contributed by atoms with van der Waals surface area (Å²) in [6.07, 6.45) is 0.222. The van der Waals surface area contributed by atoms with Crippen LogP contribution < -0.4 is 10.1 Å². The Morgan fingerprint density at radius 3 is 2.47 bits per heavy atom. The molecule has 1 aliphatic rings. The minimum atomic E-state index is 0.222. The van der Waals surface area contributed by atoms with E-state index in [0.29, 0.717) is 11.3 Å². The maximum absolute atomic E-state index is 5.67. The molecule has 106 valence electrons. The Morgan fingerprint density at radius 2 is 2.00 bits per heavy atom. The van der Waals surface area contributed by atoms with Gasteiger partial charge in [0.2, 0.25) is 0 Å². The van der Waals surface area contributed by atoms with Crippen LogP contribution in [0.5, 0.6) is 5.75 Å². The highest BCUT2D eigenvalue weighted by Gasteiger charge is 2.20. The minimum absolute atomic E-state index is 0.222. The summed E-state index contributed by atoms with van der Waals surface area (Å²) in [7, 11) is 2.01. The van der Waals surface area contributed by atoms with Crippen LogP contribution in [0.1, 0.15) is 25.5 Å². The van der Waals surface area contributed by atoms with Crippen molar-refractivity contribution in [1.82, 2.24) is 5.32 Å². The van der Waals surface area contributed by atoms with E-state index in [-0.39, 0.29) is 6.10 Å². The molecule has 1 heterocycles. The Balaban J connectivity index is 1.89. The predicted octanol–water partition coefficient (Wildman–Crippen LogP) is 2.87. The summed E-state index contributed by atoms with van der Waals surface area (Å²) in [6.45, 7) is 5.90. The van der Waals surface area contributed by atoms with Crippen molar-refractivity contribution in [2.24, 2.45) is 0 Å². The van der Waals surface area contributed by atoms with Gasteiger partial charge >= 0.3 is 0 Å². The molecule has 1 fully saturated rings. The highest BCUT2D eigenvalue weighted by molar-refractivity contribution is 8.00. The lowest BCUT2D eigenvalue weighted by atomic mass is 10.1. The molecule has 0 saturated carbocycles. The maximum Gasteiger partial charge on any atom is 0.119 e. The van der Waals surface area contributed by atoms with Crippen molar-refractivity contribution in [3.8, 4) is 5.75 Å². The topological polar surface area (TPSA) is 30.5 Å². The van der Waals surface area contributed by atoms with Crippen LogP contribution in [0.25, 0.3) is 0 Å². The SMILES string of the molecule is CNC(CSC1COC1)c1ccc(OC(C)C)cc1. The van der Waals surface area contributed by atoms with E-state index in [0.717, 1.165) is 24.7 Å². The number of hydrogen-bond acceptors (Lipinski definition) is 4. The van der Waals surface area contributed by atoms with Crippen LogP contribution in [0.3, 0.4) is 0 Å². The van der Waals surface area contributed by atoms with Crippen molar-refractivity contribution in [2.45, 2.75) is 31.2 Å². The van der Waals surface area contributed by atoms with Gasteiger partial charge in [-0.25, -0.2) is 0 Å². The fourth-order valence-electron chi connectivity index (χ4n) is 1.94. The van der Waals surface area contributed by atoms with Gasteiger partial charge in [0, 0.05) is 11.8 Å². The molecule has 4 heteroatoms. The minimum Gasteiger partial charge on any atom is -0.491 e. The second-order valence-corrected chi connectivity index (χ2v) is 6.40. The molecule has 1 aliphatic heterocycles. The van der Waals surface area contributed by atoms with Gasteiger partial charge in [0.05, 0.1) is 24.6 Å². The Hall–Kier alpha value is -0.710. The van der Waals surface area contributed by atoms with E-state index in [1.807, 2.05) is 32.7 Å². The number of benzene rings is 1. The van der Waals surface area contributed by atoms with Gasteiger partial charge in [0.15, 0.2) is 0 Å². The van der Waals surface area contributed by atoms with Crippen molar-refractivity contribution < 1.29 is 9.47 Å². The van der Waals surface area contributed by atoms with E-state index in [1.54, 1.807) is 0 Å². The van der Waals surface area contributed by atoms with E-state index in [4.69, 9.17) is 9.47 Å². The summed E-state index contributed by atoms with van der Waals surface area (Å²) in [5.41, 5.74) is 1.31. The Bertz CT molecular complexity index is 376. The summed E-state index contributed by atoms with van der Waals surface area (Å²) >= 11 is 1.99. The van der Waals surface area contributed by atoms with Crippen molar-refractivity contribution >= 4 is 11.8 Å². The van der Waals surface area contributed by atoms with Crippen LogP contribution >= 0.6 is 11.8 Å². The Morgan fingerprint density at radius 1 is 1.32 bits per heavy atom. The Kier molecular flexibility index (Phi) is 5.55. The highest BCUT2D eigenvalue weighted by atomic mass is 32.2. The van der Waals surface area contributed by atoms with E-state index < -0.39 is 0 Å². The van der Waals surface area contributed by atoms with Gasteiger partial charge < -0.3 is 14.8 Å². The quantitative estimate of drug-likeness (QED) is 0.832. The van der Waals surface area contributed by atoms with Crippen LogP contribution in [0.15, 0.2) is 24.3 Å². The molecular formula is C15H23NO2S. The molecule has 2 rings (SSSR count). The average molecular weight is 281 g/mol. The smallest absolute Gasteiger partial charge is 0.119 e. The third-order valence-electron chi connectivity index (χ3n) is 3.11. The van der Waals surface area contributed by atoms with Crippen molar-refractivity contribution in [1.29, 1.82) is 0 Å². The molecule has 0 aromatic heterocycles. The highest BCUT2D eigenvalue weighted by Crippen LogP contribution is 2.26. The molecule has 0 spiro atoms. The fraction of sp³-hybridized carbons (Fsp3) is 0.600. The van der Waals surface area contributed by atoms with E-state index in [1.165, 1.54) is 5.56 Å². The van der Waals surface area contributed by atoms with Gasteiger partial charge in [-0.1, -0.05) is 12.1 Å². The third kappa shape index (κ3) is 4.41. The van der Waals surface area contributed by atoms with Gasteiger partial charge in [-0.05, 0) is 38.6 Å². The first kappa shape index (κ1) is 14.7. The third-order valence-corrected chi connectivity index (χ3v) is 4.38. The van der Waals surface area contributed by atoms with Gasteiger partial charge in [-0.2, -0.15) is 11.8 Å². The maximum atomic E-state index is 5.67. The summed E-state index contributed by atoms with van der Waals surface area (Å²) in [4.78, 5) is 0. The lowest BCUT2D eigenvalue weighted by Gasteiger charge is -2.27. The zero-order chi connectivity index (χ0) is 13.7. The largest absolute Gasteiger partial charge is 0.491 e. The van der Waals surface area contributed by atoms with E-state index in [2.05, 4.69) is 29.6 Å². The lowest BCUT2D eigenvalue weighted by molar-refractivity contribution is 0.0455. The van der Waals surface area contributed by atoms with Gasteiger partial charge in [0.25, 0.3) is 0 Å². The molecule has 3 nitrogen and oxygen atoms in total. The number of nitrogens with one attached hydrogen (secondary N) is 1. The average Bonchev–Trinajstić information content (AvgIpc) is 2.33. The number of rotatable bonds is 7. The number of hydrogen-bond donors (Lipinski definition) is 1. The standard InChI is InChI=1S/C15H23NO2S/c1-11(2)18-13-6-4-12(5-7-13)15(16-3)10-19-14-8-17-9-14/h4-7,11,14-16H,8-10H2,1-3H3. The first-order valence-electron chi connectivity index (χ1n) is 6.82. The molecule has 1 atom stereocenters. The van der Waals surface area contributed by atoms with Crippen molar-refractivity contribution in [2.75, 3.05) is 26.0 Å². The molecule has 1 aromatic rings. The summed E-state index contributed by atoms with van der Waals surface area (Å²) < 4.78 is 10.9. The zero-order valence-electron chi connectivity index (χ0n) is 11.9. The van der Waals surface area contributed by atoms with Gasteiger partial charge in [0.1, 0.15) is 5.75 Å². The molecule has 0 radical (unpaired) electrons. The van der Waals surface area contributed by atoms with E-state index in [9.17, 15) is 0 Å². The summed E-state index contributed by atoms with van der Waals surface area (Å²) in [6, 6.07) is 8.79. The Labute approximate surface area is 120 Å². The summed E-state index contributed by atoms with van der Waals surface area (Å²) in [5.74, 6) is 2.02. The normalized spacial score (nSPS) is 17.3. The second kappa shape index (κ2) is 7.17. The molecule has 1 saturated heterocycles. The first-order valence-corrected chi connectivity index (χ1v) is 7.87. The second-order valence-electron chi connectivity index (χ2n) is 5.07. The molecule has 1 N–H and O–H groups in total. The van der Waals surface area contributed by atoms with Crippen LogP contribution in [0, 0.1) is 0 Å². The van der Waals surface area contributed by atoms with Crippen LogP contribution in [-0.2, 0) is 4.74 Å². The molecule has 0 bridgehead atoms. The monoisotopic (exact) mass is 281 g/mol. The molecule has 19 heavy (non-hydrogen) atoms. The number of ether oxygens (including phenoxy) is 2. The first-order chi connectivity index (χ1) is 9.19. The fourth-order valence-corrected chi connectivity index (χ4v) is 3.15. The zero-order valence-corrected chi connectivity index (χ0v) is 12.7. The molecule has 0 amide bonds. The molecule has 0 aliphatic carbocycles. The van der Waals surface area contributed by atoms with Gasteiger partial charge in [-0.3, -0.25) is 0 Å². The lowest BCUT2D eigenvalue weighted by Crippen LogP contribution is -2.32. The number of thioether (sulfide) groups is 1. The van der Waals surface area contributed by atoms with Gasteiger partial charge in [-0.15, -0.1) is 0 Å². The predicted molar refractivity (Wildman–Crippen MR) is 81.1 cm³/mol. The van der Waals surface area contributed by atoms with Crippen LogP contribution in [0.4, 0.5) is 0 Å². The van der Waals surface area contributed by atoms with Crippen molar-refractivity contribution in [3.63, 3.8) is 0 Å². The van der Waals surface area contributed by atoms with Crippen LogP contribution in [-0.4, -0.2) is 37.4 Å². The molecule has 1 unspecified atom stereocenters. The molecule has 1 aromatic carbocycles.